The van der Waals surface area contributed by atoms with E-state index in [1.807, 2.05) is 33.8 Å². The Bertz CT molecular complexity index is 3150. The highest BCUT2D eigenvalue weighted by Crippen LogP contribution is 2.35. The average Bonchev–Trinajstić information content (AvgIpc) is 1.72. The lowest BCUT2D eigenvalue weighted by atomic mass is 9.81. The van der Waals surface area contributed by atoms with Gasteiger partial charge in [0.05, 0.1) is 12.0 Å². The molecule has 0 unspecified atom stereocenters. The van der Waals surface area contributed by atoms with Crippen molar-refractivity contribution in [3.8, 4) is 5.82 Å². The zero-order valence-electron chi connectivity index (χ0n) is 49.3. The molecule has 4 aliphatic heterocycles. The minimum Gasteiger partial charge on any atom is -0.480 e. The van der Waals surface area contributed by atoms with Crippen molar-refractivity contribution < 1.29 is 53.1 Å². The van der Waals surface area contributed by atoms with Gasteiger partial charge in [0, 0.05) is 72.7 Å². The number of H-pyrrole nitrogens is 2. The van der Waals surface area contributed by atoms with E-state index in [4.69, 9.17) is 17.2 Å². The number of aliphatic carboxylic acids is 1. The Kier molecular flexibility index (Phi) is 22.0. The molecule has 86 heavy (non-hydrogen) atoms. The minimum absolute atomic E-state index is 0.0235. The first-order valence-corrected chi connectivity index (χ1v) is 29.3. The Hall–Kier alpha value is -8.89. The number of guanidine groups is 1. The van der Waals surface area contributed by atoms with Crippen LogP contribution in [-0.2, 0) is 67.2 Å². The lowest BCUT2D eigenvalue weighted by Gasteiger charge is -2.33. The van der Waals surface area contributed by atoms with Gasteiger partial charge in [-0.3, -0.25) is 52.7 Å². The molecule has 4 aromatic rings. The number of carboxylic acid groups (broad SMARTS) is 1. The standard InChI is InChI=1S/C57H82N18O11/c1-27(2)18-39-53(82)73-45(29(5)6)54(83)72-42-22-34-33-13-12-30(44(28(3)4)46(55(84)71-39)74-49(78)36-14-15-43(76)65-36)19-38(33)66-47(34)75-24-32(64-26-75)21-41(69-48(77)35(67-52(42)81)11-9-17-62-57(59)60)51(80)70-40(20-31-23-61-25-63-31)50(79)68-37(56(85)86)10-7-8-16-58/h12-13,19,23-29,35-37,39-42,44-46,66H,7-11,14-18,20-22,58H2,1-6H3,(H,61,63)(H,65,76)(H,67,81)(H,68,79)(H,69,77)(H,70,80)(H,71,84)(H,72,83)(H,73,82)(H,74,78)(H,85,86)(H4,59,60,62)/t35-,36-,37-,39-,40-,41-,42-,44+,45-,46-/m0/s1. The molecule has 1 saturated heterocycles. The number of carboxylic acids is 1. The molecule has 1 aromatic carbocycles. The quantitative estimate of drug-likeness (QED) is 0.0191. The van der Waals surface area contributed by atoms with E-state index in [9.17, 15) is 48.3 Å². The van der Waals surface area contributed by atoms with Gasteiger partial charge in [-0.1, -0.05) is 53.7 Å². The van der Waals surface area contributed by atoms with Gasteiger partial charge in [-0.25, -0.2) is 14.8 Å². The number of nitrogens with one attached hydrogen (secondary N) is 11. The summed E-state index contributed by atoms with van der Waals surface area (Å²) in [5, 5.41) is 35.6. The Morgan fingerprint density at radius 1 is 0.802 bits per heavy atom. The number of aromatic nitrogens is 5. The van der Waals surface area contributed by atoms with Crippen LogP contribution in [0.15, 0.2) is 48.2 Å². The number of rotatable bonds is 21. The summed E-state index contributed by atoms with van der Waals surface area (Å²) in [6, 6.07) is -6.52. The van der Waals surface area contributed by atoms with Crippen molar-refractivity contribution in [1.82, 2.24) is 72.4 Å². The summed E-state index contributed by atoms with van der Waals surface area (Å²) in [6.45, 7) is 11.2. The second-order valence-corrected chi connectivity index (χ2v) is 23.4. The highest BCUT2D eigenvalue weighted by molar-refractivity contribution is 6.00. The van der Waals surface area contributed by atoms with E-state index >= 15 is 4.79 Å². The number of aromatic amines is 2. The molecule has 29 nitrogen and oxygen atoms in total. The lowest BCUT2D eigenvalue weighted by molar-refractivity contribution is -0.142. The molecule has 7 bridgehead atoms. The molecule has 29 heteroatoms. The smallest absolute Gasteiger partial charge is 0.326 e. The first-order valence-electron chi connectivity index (χ1n) is 29.3. The maximum atomic E-state index is 15.2. The van der Waals surface area contributed by atoms with Gasteiger partial charge in [0.2, 0.25) is 53.2 Å². The molecule has 8 rings (SSSR count). The van der Waals surface area contributed by atoms with Crippen molar-refractivity contribution in [2.75, 3.05) is 13.1 Å². The fraction of sp³-hybridized carbons (Fsp3) is 0.561. The highest BCUT2D eigenvalue weighted by Gasteiger charge is 2.41. The summed E-state index contributed by atoms with van der Waals surface area (Å²) in [5.41, 5.74) is 19.1. The molecule has 0 radical (unpaired) electrons. The van der Waals surface area contributed by atoms with Gasteiger partial charge in [0.25, 0.3) is 0 Å². The molecular formula is C57H82N18O11. The number of hydrogen-bond donors (Lipinski definition) is 15. The first kappa shape index (κ1) is 64.7. The molecule has 466 valence electrons. The maximum Gasteiger partial charge on any atom is 0.326 e. The van der Waals surface area contributed by atoms with Crippen LogP contribution in [0.4, 0.5) is 0 Å². The summed E-state index contributed by atoms with van der Waals surface area (Å²) >= 11 is 0. The average molecular weight is 1200 g/mol. The highest BCUT2D eigenvalue weighted by atomic mass is 16.4. The predicted octanol–water partition coefficient (Wildman–Crippen LogP) is -1.70. The van der Waals surface area contributed by atoms with Crippen LogP contribution in [0.1, 0.15) is 121 Å². The fourth-order valence-electron chi connectivity index (χ4n) is 11.1. The van der Waals surface area contributed by atoms with E-state index in [0.29, 0.717) is 52.9 Å². The molecule has 0 spiro atoms. The van der Waals surface area contributed by atoms with Crippen molar-refractivity contribution in [3.63, 3.8) is 0 Å². The molecule has 18 N–H and O–H groups in total. The number of imidazole rings is 2. The summed E-state index contributed by atoms with van der Waals surface area (Å²) in [5.74, 6) is -9.54. The molecule has 7 heterocycles. The minimum atomic E-state index is -1.51. The second-order valence-electron chi connectivity index (χ2n) is 23.4. The Morgan fingerprint density at radius 3 is 2.20 bits per heavy atom. The van der Waals surface area contributed by atoms with E-state index < -0.39 is 119 Å². The third-order valence-electron chi connectivity index (χ3n) is 15.6. The molecule has 4 aliphatic rings. The number of carbonyl (C=O) groups excluding carboxylic acids is 9. The van der Waals surface area contributed by atoms with Crippen molar-refractivity contribution >= 4 is 76.0 Å². The molecule has 10 atom stereocenters. The molecule has 9 amide bonds. The normalized spacial score (nSPS) is 22.9. The zero-order valence-corrected chi connectivity index (χ0v) is 49.3. The Balaban J connectivity index is 1.37. The summed E-state index contributed by atoms with van der Waals surface area (Å²) in [7, 11) is 0. The maximum absolute atomic E-state index is 15.2. The van der Waals surface area contributed by atoms with Crippen LogP contribution in [0, 0.1) is 17.8 Å². The fourth-order valence-corrected chi connectivity index (χ4v) is 11.1. The lowest BCUT2D eigenvalue weighted by Crippen LogP contribution is -2.62. The van der Waals surface area contributed by atoms with E-state index in [1.54, 1.807) is 36.7 Å². The number of nitrogens with two attached hydrogens (primary N) is 3. The number of amides is 9. The van der Waals surface area contributed by atoms with Crippen molar-refractivity contribution in [1.29, 1.82) is 0 Å². The van der Waals surface area contributed by atoms with Crippen molar-refractivity contribution in [3.05, 3.63) is 65.8 Å². The molecule has 3 aromatic heterocycles. The third kappa shape index (κ3) is 16.7. The number of benzene rings is 1. The second kappa shape index (κ2) is 29.3. The van der Waals surface area contributed by atoms with E-state index in [2.05, 4.69) is 72.8 Å². The summed E-state index contributed by atoms with van der Waals surface area (Å²) < 4.78 is 1.61. The van der Waals surface area contributed by atoms with Gasteiger partial charge < -0.3 is 80.1 Å². The monoisotopic (exact) mass is 1190 g/mol. The number of carbonyl (C=O) groups is 10. The van der Waals surface area contributed by atoms with Gasteiger partial charge >= 0.3 is 5.97 Å². The zero-order chi connectivity index (χ0) is 62.5. The van der Waals surface area contributed by atoms with Gasteiger partial charge in [-0.05, 0) is 80.9 Å². The molecular weight excluding hydrogens is 1110 g/mol. The van der Waals surface area contributed by atoms with E-state index in [0.717, 1.165) is 0 Å². The summed E-state index contributed by atoms with van der Waals surface area (Å²) in [4.78, 5) is 161. The Morgan fingerprint density at radius 2 is 1.55 bits per heavy atom. The van der Waals surface area contributed by atoms with Gasteiger partial charge in [-0.2, -0.15) is 0 Å². The van der Waals surface area contributed by atoms with Crippen molar-refractivity contribution in [2.45, 2.75) is 172 Å². The SMILES string of the molecule is CC(C)C[C@@H]1NC(=O)[C@@H](NC(=O)[C@@H]2CCC(=O)N2)[C@H](C(C)C)c2ccc3c4c([nH]c3c2)-n2cnc(c2)C[C@@H](C(=O)N[C@@H](Cc2cnc[nH]2)C(=O)N[C@@H](CCCCN)C(=O)O)NC(=O)[C@H](CCCN=C(N)N)NC(=O)[C@H](C4)NC(=O)[C@H](C(C)C)NC1=O. The predicted molar refractivity (Wildman–Crippen MR) is 314 cm³/mol. The van der Waals surface area contributed by atoms with Crippen LogP contribution in [0.3, 0.4) is 0 Å². The van der Waals surface area contributed by atoms with Crippen molar-refractivity contribution in [2.24, 2.45) is 39.9 Å². The van der Waals surface area contributed by atoms with Crippen LogP contribution >= 0.6 is 0 Å². The van der Waals surface area contributed by atoms with E-state index in [1.165, 1.54) is 18.9 Å². The van der Waals surface area contributed by atoms with Crippen LogP contribution < -0.4 is 65.1 Å². The number of aliphatic imine (C=N–C) groups is 1. The Labute approximate surface area is 496 Å². The number of hydrogen-bond acceptors (Lipinski definition) is 14. The molecule has 1 fully saturated rings. The number of fused-ring (bicyclic) bond motifs is 13. The molecule has 0 saturated carbocycles. The van der Waals surface area contributed by atoms with Crippen LogP contribution in [0.2, 0.25) is 0 Å². The van der Waals surface area contributed by atoms with Gasteiger partial charge in [0.1, 0.15) is 66.5 Å². The number of nitrogens with zero attached hydrogens (tertiary/aromatic N) is 4. The van der Waals surface area contributed by atoms with Gasteiger partial charge in [-0.15, -0.1) is 0 Å². The van der Waals surface area contributed by atoms with Crippen LogP contribution in [-0.4, -0.2) is 162 Å². The molecule has 0 aliphatic carbocycles. The van der Waals surface area contributed by atoms with Crippen LogP contribution in [0.25, 0.3) is 16.7 Å². The topological polar surface area (TPSA) is 452 Å². The number of unbranched alkanes of at least 4 members (excludes halogenated alkanes) is 1. The van der Waals surface area contributed by atoms with Gasteiger partial charge in [0.15, 0.2) is 5.96 Å². The van der Waals surface area contributed by atoms with Crippen LogP contribution in [0.5, 0.6) is 0 Å². The third-order valence-corrected chi connectivity index (χ3v) is 15.6. The summed E-state index contributed by atoms with van der Waals surface area (Å²) in [6.07, 6.45) is 6.57. The largest absolute Gasteiger partial charge is 0.480 e. The van der Waals surface area contributed by atoms with E-state index in [-0.39, 0.29) is 93.7 Å². The first-order chi connectivity index (χ1) is 40.9.